The van der Waals surface area contributed by atoms with Gasteiger partial charge in [0.05, 0.1) is 13.2 Å². The quantitative estimate of drug-likeness (QED) is 0.873. The molecule has 0 bridgehead atoms. The first kappa shape index (κ1) is 14.8. The van der Waals surface area contributed by atoms with Crippen molar-refractivity contribution in [3.8, 4) is 5.75 Å². The van der Waals surface area contributed by atoms with E-state index >= 15 is 0 Å². The fraction of sp³-hybridized carbons (Fsp3) is 0.200. The maximum atomic E-state index is 13.1. The molecule has 106 valence electrons. The Morgan fingerprint density at radius 2 is 2.10 bits per heavy atom. The lowest BCUT2D eigenvalue weighted by Crippen LogP contribution is -2.21. The third-order valence-corrected chi connectivity index (χ3v) is 3.67. The fourth-order valence-corrected chi connectivity index (χ4v) is 2.59. The minimum absolute atomic E-state index is 0.114. The average Bonchev–Trinajstić information content (AvgIpc) is 2.45. The number of methoxy groups -OCH3 is 1. The van der Waals surface area contributed by atoms with Gasteiger partial charge < -0.3 is 15.8 Å². The lowest BCUT2D eigenvalue weighted by Gasteiger charge is -2.20. The zero-order valence-corrected chi connectivity index (χ0v) is 12.7. The molecular formula is C15H16BrFN2O. The van der Waals surface area contributed by atoms with E-state index in [1.807, 2.05) is 24.3 Å². The van der Waals surface area contributed by atoms with Gasteiger partial charge in [-0.2, -0.15) is 0 Å². The molecule has 0 heterocycles. The van der Waals surface area contributed by atoms with Crippen LogP contribution in [0.2, 0.25) is 0 Å². The summed E-state index contributed by atoms with van der Waals surface area (Å²) in [7, 11) is 1.62. The van der Waals surface area contributed by atoms with Crippen LogP contribution in [0.3, 0.4) is 0 Å². The van der Waals surface area contributed by atoms with Crippen molar-refractivity contribution in [2.45, 2.75) is 6.04 Å². The van der Waals surface area contributed by atoms with Crippen LogP contribution in [-0.2, 0) is 0 Å². The molecule has 5 heteroatoms. The molecule has 3 nitrogen and oxygen atoms in total. The largest absolute Gasteiger partial charge is 0.497 e. The predicted molar refractivity (Wildman–Crippen MR) is 82.5 cm³/mol. The van der Waals surface area contributed by atoms with Crippen molar-refractivity contribution in [2.75, 3.05) is 19.0 Å². The summed E-state index contributed by atoms with van der Waals surface area (Å²) >= 11 is 3.37. The van der Waals surface area contributed by atoms with Gasteiger partial charge in [0.2, 0.25) is 0 Å². The summed E-state index contributed by atoms with van der Waals surface area (Å²) in [5.41, 5.74) is 7.63. The summed E-state index contributed by atoms with van der Waals surface area (Å²) < 4.78 is 19.0. The molecular weight excluding hydrogens is 323 g/mol. The lowest BCUT2D eigenvalue weighted by molar-refractivity contribution is 0.415. The zero-order chi connectivity index (χ0) is 14.5. The first-order valence-electron chi connectivity index (χ1n) is 6.19. The van der Waals surface area contributed by atoms with Gasteiger partial charge in [-0.1, -0.05) is 28.1 Å². The van der Waals surface area contributed by atoms with Crippen LogP contribution in [0.15, 0.2) is 46.9 Å². The molecule has 0 radical (unpaired) electrons. The van der Waals surface area contributed by atoms with Gasteiger partial charge >= 0.3 is 0 Å². The molecule has 0 spiro atoms. The predicted octanol–water partition coefficient (Wildman–Crippen LogP) is 3.71. The van der Waals surface area contributed by atoms with Crippen LogP contribution < -0.4 is 15.8 Å². The Hall–Kier alpha value is -1.59. The minimum atomic E-state index is -0.280. The second kappa shape index (κ2) is 6.72. The van der Waals surface area contributed by atoms with E-state index in [0.717, 1.165) is 17.0 Å². The molecule has 2 rings (SSSR count). The number of ether oxygens (including phenoxy) is 1. The Kier molecular flexibility index (Phi) is 4.98. The first-order valence-corrected chi connectivity index (χ1v) is 6.99. The van der Waals surface area contributed by atoms with Crippen molar-refractivity contribution in [3.05, 3.63) is 58.3 Å². The molecule has 0 aliphatic rings. The van der Waals surface area contributed by atoms with Crippen LogP contribution in [-0.4, -0.2) is 13.7 Å². The molecule has 0 saturated carbocycles. The number of anilines is 1. The molecule has 0 aromatic heterocycles. The molecule has 2 aromatic rings. The first-order chi connectivity index (χ1) is 9.63. The van der Waals surface area contributed by atoms with Crippen molar-refractivity contribution in [1.82, 2.24) is 0 Å². The maximum Gasteiger partial charge on any atom is 0.124 e. The van der Waals surface area contributed by atoms with Crippen LogP contribution in [0.5, 0.6) is 5.75 Å². The number of halogens is 2. The van der Waals surface area contributed by atoms with Crippen LogP contribution >= 0.6 is 15.9 Å². The van der Waals surface area contributed by atoms with Crippen LogP contribution in [0, 0.1) is 5.82 Å². The molecule has 3 N–H and O–H groups in total. The standard InChI is InChI=1S/C15H16BrFN2O/c1-20-12-4-2-3-11(8-12)19-15(9-18)13-6-5-10(17)7-14(13)16/h2-8,15,19H,9,18H2,1H3. The van der Waals surface area contributed by atoms with Gasteiger partial charge in [-0.15, -0.1) is 0 Å². The van der Waals surface area contributed by atoms with Crippen molar-refractivity contribution in [2.24, 2.45) is 5.73 Å². The van der Waals surface area contributed by atoms with Gasteiger partial charge in [0, 0.05) is 22.8 Å². The summed E-state index contributed by atoms with van der Waals surface area (Å²) in [6.07, 6.45) is 0. The molecule has 0 amide bonds. The van der Waals surface area contributed by atoms with E-state index in [2.05, 4.69) is 21.2 Å². The van der Waals surface area contributed by atoms with E-state index in [-0.39, 0.29) is 11.9 Å². The van der Waals surface area contributed by atoms with E-state index < -0.39 is 0 Å². The zero-order valence-electron chi connectivity index (χ0n) is 11.1. The SMILES string of the molecule is COc1cccc(NC(CN)c2ccc(F)cc2Br)c1. The highest BCUT2D eigenvalue weighted by atomic mass is 79.9. The van der Waals surface area contributed by atoms with Gasteiger partial charge in [0.1, 0.15) is 11.6 Å². The number of nitrogens with two attached hydrogens (primary N) is 1. The molecule has 0 aliphatic carbocycles. The van der Waals surface area contributed by atoms with E-state index in [1.54, 1.807) is 13.2 Å². The molecule has 0 aliphatic heterocycles. The van der Waals surface area contributed by atoms with E-state index in [0.29, 0.717) is 11.0 Å². The molecule has 1 unspecified atom stereocenters. The topological polar surface area (TPSA) is 47.3 Å². The van der Waals surface area contributed by atoms with Gasteiger partial charge in [0.15, 0.2) is 0 Å². The van der Waals surface area contributed by atoms with Crippen molar-refractivity contribution in [1.29, 1.82) is 0 Å². The number of nitrogens with one attached hydrogen (secondary N) is 1. The summed E-state index contributed by atoms with van der Waals surface area (Å²) in [4.78, 5) is 0. The lowest BCUT2D eigenvalue weighted by atomic mass is 10.1. The molecule has 2 aromatic carbocycles. The molecule has 0 fully saturated rings. The minimum Gasteiger partial charge on any atom is -0.497 e. The normalized spacial score (nSPS) is 12.0. The Morgan fingerprint density at radius 3 is 2.75 bits per heavy atom. The maximum absolute atomic E-state index is 13.1. The number of hydrogen-bond donors (Lipinski definition) is 2. The van der Waals surface area contributed by atoms with Crippen molar-refractivity contribution in [3.63, 3.8) is 0 Å². The highest BCUT2D eigenvalue weighted by molar-refractivity contribution is 9.10. The molecule has 20 heavy (non-hydrogen) atoms. The van der Waals surface area contributed by atoms with E-state index in [1.165, 1.54) is 12.1 Å². The third kappa shape index (κ3) is 3.49. The van der Waals surface area contributed by atoms with Gasteiger partial charge in [-0.25, -0.2) is 4.39 Å². The monoisotopic (exact) mass is 338 g/mol. The van der Waals surface area contributed by atoms with Gasteiger partial charge in [-0.3, -0.25) is 0 Å². The van der Waals surface area contributed by atoms with Crippen LogP contribution in [0.4, 0.5) is 10.1 Å². The third-order valence-electron chi connectivity index (χ3n) is 2.98. The highest BCUT2D eigenvalue weighted by Crippen LogP contribution is 2.28. The Bertz CT molecular complexity index is 592. The van der Waals surface area contributed by atoms with Crippen LogP contribution in [0.25, 0.3) is 0 Å². The highest BCUT2D eigenvalue weighted by Gasteiger charge is 2.13. The van der Waals surface area contributed by atoms with E-state index in [9.17, 15) is 4.39 Å². The summed E-state index contributed by atoms with van der Waals surface area (Å²) in [6, 6.07) is 12.1. The van der Waals surface area contributed by atoms with Crippen LogP contribution in [0.1, 0.15) is 11.6 Å². The molecule has 1 atom stereocenters. The second-order valence-electron chi connectivity index (χ2n) is 4.33. The van der Waals surface area contributed by atoms with Gasteiger partial charge in [0.25, 0.3) is 0 Å². The van der Waals surface area contributed by atoms with E-state index in [4.69, 9.17) is 10.5 Å². The smallest absolute Gasteiger partial charge is 0.124 e. The van der Waals surface area contributed by atoms with Crippen molar-refractivity contribution < 1.29 is 9.13 Å². The number of hydrogen-bond acceptors (Lipinski definition) is 3. The molecule has 0 saturated heterocycles. The Labute approximate surface area is 126 Å². The Balaban J connectivity index is 2.23. The average molecular weight is 339 g/mol. The number of rotatable bonds is 5. The fourth-order valence-electron chi connectivity index (χ4n) is 1.96. The summed E-state index contributed by atoms with van der Waals surface area (Å²) in [5.74, 6) is 0.488. The second-order valence-corrected chi connectivity index (χ2v) is 5.18. The number of benzene rings is 2. The Morgan fingerprint density at radius 1 is 1.30 bits per heavy atom. The van der Waals surface area contributed by atoms with Gasteiger partial charge in [-0.05, 0) is 29.8 Å². The van der Waals surface area contributed by atoms with Crippen molar-refractivity contribution >= 4 is 21.6 Å². The summed E-state index contributed by atoms with van der Waals surface area (Å²) in [6.45, 7) is 0.390. The summed E-state index contributed by atoms with van der Waals surface area (Å²) in [5, 5.41) is 3.32.